The number of hydrogen-bond acceptors (Lipinski definition) is 5. The monoisotopic (exact) mass is 253 g/mol. The maximum absolute atomic E-state index is 11.8. The number of unbranched alkanes of at least 4 members (excludes halogenated alkanes) is 2. The maximum atomic E-state index is 11.8. The smallest absolute Gasteiger partial charge is 0.341 e. The SMILES string of the molecule is COc1ccc(N)cc1C(=O)OCCCCCO. The third kappa shape index (κ3) is 4.25. The van der Waals surface area contributed by atoms with Crippen LogP contribution in [0.25, 0.3) is 0 Å². The number of nitrogens with two attached hydrogens (primary N) is 1. The number of benzene rings is 1. The Bertz CT molecular complexity index is 393. The Morgan fingerprint density at radius 2 is 2.11 bits per heavy atom. The van der Waals surface area contributed by atoms with E-state index in [4.69, 9.17) is 20.3 Å². The van der Waals surface area contributed by atoms with Gasteiger partial charge in [0, 0.05) is 12.3 Å². The molecule has 0 atom stereocenters. The van der Waals surface area contributed by atoms with Crippen molar-refractivity contribution in [3.8, 4) is 5.75 Å². The van der Waals surface area contributed by atoms with Crippen LogP contribution in [0, 0.1) is 0 Å². The summed E-state index contributed by atoms with van der Waals surface area (Å²) in [5.74, 6) is 0.00714. The number of methoxy groups -OCH3 is 1. The highest BCUT2D eigenvalue weighted by Gasteiger charge is 2.13. The first-order valence-electron chi connectivity index (χ1n) is 5.90. The van der Waals surface area contributed by atoms with Crippen LogP contribution in [0.3, 0.4) is 0 Å². The van der Waals surface area contributed by atoms with E-state index < -0.39 is 5.97 Å². The average Bonchev–Trinajstić information content (AvgIpc) is 2.38. The molecule has 0 unspecified atom stereocenters. The van der Waals surface area contributed by atoms with Crippen molar-refractivity contribution in [1.82, 2.24) is 0 Å². The summed E-state index contributed by atoms with van der Waals surface area (Å²) >= 11 is 0. The lowest BCUT2D eigenvalue weighted by Gasteiger charge is -2.09. The molecule has 0 fully saturated rings. The first-order valence-corrected chi connectivity index (χ1v) is 5.90. The molecule has 5 nitrogen and oxygen atoms in total. The summed E-state index contributed by atoms with van der Waals surface area (Å²) in [6, 6.07) is 4.84. The quantitative estimate of drug-likeness (QED) is 0.438. The van der Waals surface area contributed by atoms with Crippen LogP contribution in [0.2, 0.25) is 0 Å². The van der Waals surface area contributed by atoms with Gasteiger partial charge in [-0.05, 0) is 37.5 Å². The minimum Gasteiger partial charge on any atom is -0.496 e. The summed E-state index contributed by atoms with van der Waals surface area (Å²) in [5, 5.41) is 8.61. The van der Waals surface area contributed by atoms with Crippen molar-refractivity contribution in [3.05, 3.63) is 23.8 Å². The Morgan fingerprint density at radius 1 is 1.33 bits per heavy atom. The molecule has 0 aliphatic heterocycles. The molecule has 1 rings (SSSR count). The lowest BCUT2D eigenvalue weighted by atomic mass is 10.2. The number of anilines is 1. The van der Waals surface area contributed by atoms with E-state index in [2.05, 4.69) is 0 Å². The summed E-state index contributed by atoms with van der Waals surface area (Å²) < 4.78 is 10.2. The number of aliphatic hydroxyl groups is 1. The predicted molar refractivity (Wildman–Crippen MR) is 68.6 cm³/mol. The molecule has 3 N–H and O–H groups in total. The van der Waals surface area contributed by atoms with Gasteiger partial charge < -0.3 is 20.3 Å². The van der Waals surface area contributed by atoms with Crippen molar-refractivity contribution in [3.63, 3.8) is 0 Å². The second-order valence-corrected chi connectivity index (χ2v) is 3.88. The van der Waals surface area contributed by atoms with E-state index >= 15 is 0 Å². The minimum absolute atomic E-state index is 0.164. The summed E-state index contributed by atoms with van der Waals surface area (Å²) in [6.45, 7) is 0.494. The molecule has 5 heteroatoms. The molecule has 0 aliphatic rings. The molecule has 0 saturated heterocycles. The molecule has 0 saturated carbocycles. The summed E-state index contributed by atoms with van der Waals surface area (Å²) in [5.41, 5.74) is 6.45. The van der Waals surface area contributed by atoms with Crippen LogP contribution in [0.15, 0.2) is 18.2 Å². The fraction of sp³-hybridized carbons (Fsp3) is 0.462. The molecule has 0 heterocycles. The molecule has 18 heavy (non-hydrogen) atoms. The van der Waals surface area contributed by atoms with Gasteiger partial charge in [0.25, 0.3) is 0 Å². The highest BCUT2D eigenvalue weighted by atomic mass is 16.5. The van der Waals surface area contributed by atoms with Crippen LogP contribution >= 0.6 is 0 Å². The van der Waals surface area contributed by atoms with Gasteiger partial charge in [0.15, 0.2) is 0 Å². The van der Waals surface area contributed by atoms with Crippen LogP contribution in [0.5, 0.6) is 5.75 Å². The topological polar surface area (TPSA) is 81.8 Å². The van der Waals surface area contributed by atoms with Gasteiger partial charge in [-0.2, -0.15) is 0 Å². The minimum atomic E-state index is -0.442. The Kier molecular flexibility index (Phi) is 6.00. The highest BCUT2D eigenvalue weighted by Crippen LogP contribution is 2.21. The van der Waals surface area contributed by atoms with E-state index in [1.165, 1.54) is 13.2 Å². The second kappa shape index (κ2) is 7.55. The number of nitrogen functional groups attached to an aromatic ring is 1. The first-order chi connectivity index (χ1) is 8.69. The lowest BCUT2D eigenvalue weighted by molar-refractivity contribution is 0.0493. The van der Waals surface area contributed by atoms with Crippen molar-refractivity contribution in [2.75, 3.05) is 26.1 Å². The number of carbonyl (C=O) groups is 1. The second-order valence-electron chi connectivity index (χ2n) is 3.88. The fourth-order valence-electron chi connectivity index (χ4n) is 1.52. The van der Waals surface area contributed by atoms with Gasteiger partial charge in [-0.15, -0.1) is 0 Å². The van der Waals surface area contributed by atoms with Gasteiger partial charge in [-0.25, -0.2) is 4.79 Å². The molecular weight excluding hydrogens is 234 g/mol. The van der Waals surface area contributed by atoms with E-state index in [1.54, 1.807) is 12.1 Å². The van der Waals surface area contributed by atoms with Crippen molar-refractivity contribution in [2.45, 2.75) is 19.3 Å². The third-order valence-electron chi connectivity index (χ3n) is 2.48. The van der Waals surface area contributed by atoms with E-state index in [-0.39, 0.29) is 6.61 Å². The first kappa shape index (κ1) is 14.3. The molecule has 0 spiro atoms. The van der Waals surface area contributed by atoms with Crippen LogP contribution in [0.1, 0.15) is 29.6 Å². The number of esters is 1. The summed E-state index contributed by atoms with van der Waals surface area (Å²) in [4.78, 5) is 11.8. The molecule has 0 radical (unpaired) electrons. The average molecular weight is 253 g/mol. The van der Waals surface area contributed by atoms with E-state index in [0.717, 1.165) is 19.3 Å². The molecule has 0 aromatic heterocycles. The van der Waals surface area contributed by atoms with E-state index in [0.29, 0.717) is 23.6 Å². The van der Waals surface area contributed by atoms with Gasteiger partial charge in [0.05, 0.1) is 13.7 Å². The molecule has 0 amide bonds. The Labute approximate surface area is 107 Å². The van der Waals surface area contributed by atoms with Crippen molar-refractivity contribution < 1.29 is 19.4 Å². The van der Waals surface area contributed by atoms with Gasteiger partial charge in [-0.1, -0.05) is 0 Å². The standard InChI is InChI=1S/C13H19NO4/c1-17-12-6-5-10(14)9-11(12)13(16)18-8-4-2-3-7-15/h5-6,9,15H,2-4,7-8,14H2,1H3. The number of aliphatic hydroxyl groups excluding tert-OH is 1. The van der Waals surface area contributed by atoms with Gasteiger partial charge in [0.2, 0.25) is 0 Å². The van der Waals surface area contributed by atoms with Crippen LogP contribution < -0.4 is 10.5 Å². The summed E-state index contributed by atoms with van der Waals surface area (Å²) in [6.07, 6.45) is 2.29. The molecule has 100 valence electrons. The zero-order valence-corrected chi connectivity index (χ0v) is 10.5. The van der Waals surface area contributed by atoms with Crippen LogP contribution in [-0.4, -0.2) is 31.4 Å². The Balaban J connectivity index is 2.52. The van der Waals surface area contributed by atoms with Crippen molar-refractivity contribution >= 4 is 11.7 Å². The maximum Gasteiger partial charge on any atom is 0.341 e. The van der Waals surface area contributed by atoms with Gasteiger partial charge >= 0.3 is 5.97 Å². The fourth-order valence-corrected chi connectivity index (χ4v) is 1.52. The Hall–Kier alpha value is -1.75. The number of rotatable bonds is 7. The molecule has 1 aromatic rings. The van der Waals surface area contributed by atoms with Crippen LogP contribution in [-0.2, 0) is 4.74 Å². The molecule has 0 aliphatic carbocycles. The van der Waals surface area contributed by atoms with Gasteiger partial charge in [-0.3, -0.25) is 0 Å². The highest BCUT2D eigenvalue weighted by molar-refractivity contribution is 5.93. The zero-order chi connectivity index (χ0) is 13.4. The largest absolute Gasteiger partial charge is 0.496 e. The van der Waals surface area contributed by atoms with Crippen molar-refractivity contribution in [1.29, 1.82) is 0 Å². The Morgan fingerprint density at radius 3 is 2.78 bits per heavy atom. The van der Waals surface area contributed by atoms with Crippen molar-refractivity contribution in [2.24, 2.45) is 0 Å². The zero-order valence-electron chi connectivity index (χ0n) is 10.5. The predicted octanol–water partition coefficient (Wildman–Crippen LogP) is 1.60. The third-order valence-corrected chi connectivity index (χ3v) is 2.48. The van der Waals surface area contributed by atoms with E-state index in [9.17, 15) is 4.79 Å². The molecular formula is C13H19NO4. The summed E-state index contributed by atoms with van der Waals surface area (Å²) in [7, 11) is 1.49. The molecule has 0 bridgehead atoms. The number of carbonyl (C=O) groups excluding carboxylic acids is 1. The normalized spacial score (nSPS) is 10.1. The number of hydrogen-bond donors (Lipinski definition) is 2. The lowest BCUT2D eigenvalue weighted by Crippen LogP contribution is -2.09. The van der Waals surface area contributed by atoms with E-state index in [1.807, 2.05) is 0 Å². The molecule has 1 aromatic carbocycles. The van der Waals surface area contributed by atoms with Gasteiger partial charge in [0.1, 0.15) is 11.3 Å². The number of ether oxygens (including phenoxy) is 2. The van der Waals surface area contributed by atoms with Crippen LogP contribution in [0.4, 0.5) is 5.69 Å².